The zero-order chi connectivity index (χ0) is 14.8. The minimum Gasteiger partial charge on any atom is -0.493 e. The van der Waals surface area contributed by atoms with Crippen LogP contribution < -0.4 is 10.1 Å². The van der Waals surface area contributed by atoms with Crippen LogP contribution in [0.5, 0.6) is 5.75 Å². The second-order valence-electron chi connectivity index (χ2n) is 5.55. The maximum Gasteiger partial charge on any atom is 0.122 e. The second-order valence-corrected chi connectivity index (χ2v) is 6.78. The summed E-state index contributed by atoms with van der Waals surface area (Å²) in [5.74, 6) is 1.04. The highest BCUT2D eigenvalue weighted by atomic mass is 32.1. The number of hydrogen-bond acceptors (Lipinski definition) is 4. The molecule has 0 aliphatic carbocycles. The summed E-state index contributed by atoms with van der Waals surface area (Å²) in [6.45, 7) is 8.23. The van der Waals surface area contributed by atoms with Gasteiger partial charge in [0.25, 0.3) is 0 Å². The first kappa shape index (κ1) is 14.5. The van der Waals surface area contributed by atoms with Gasteiger partial charge in [-0.1, -0.05) is 13.0 Å². The molecule has 0 bridgehead atoms. The van der Waals surface area contributed by atoms with Gasteiger partial charge in [-0.25, -0.2) is 4.98 Å². The number of aromatic nitrogens is 1. The minimum absolute atomic E-state index is 0.188. The molecule has 1 aromatic heterocycles. The molecule has 3 nitrogen and oxygen atoms in total. The topological polar surface area (TPSA) is 34.1 Å². The maximum absolute atomic E-state index is 5.61. The normalized spacial score (nSPS) is 14.8. The van der Waals surface area contributed by atoms with Crippen LogP contribution in [0.25, 0.3) is 0 Å². The number of rotatable bonds is 5. The van der Waals surface area contributed by atoms with Crippen molar-refractivity contribution in [3.63, 3.8) is 0 Å². The van der Waals surface area contributed by atoms with Crippen molar-refractivity contribution >= 4 is 11.3 Å². The van der Waals surface area contributed by atoms with Gasteiger partial charge < -0.3 is 10.1 Å². The Hall–Kier alpha value is -1.39. The van der Waals surface area contributed by atoms with Crippen LogP contribution in [0.3, 0.4) is 0 Å². The monoisotopic (exact) mass is 302 g/mol. The number of ether oxygens (including phenoxy) is 1. The van der Waals surface area contributed by atoms with Crippen molar-refractivity contribution in [1.29, 1.82) is 0 Å². The van der Waals surface area contributed by atoms with Gasteiger partial charge in [-0.05, 0) is 50.1 Å². The number of nitrogens with zero attached hydrogens (tertiary/aromatic N) is 1. The van der Waals surface area contributed by atoms with Gasteiger partial charge in [0.15, 0.2) is 0 Å². The van der Waals surface area contributed by atoms with E-state index in [2.05, 4.69) is 44.3 Å². The number of thiazole rings is 1. The Labute approximate surface area is 130 Å². The van der Waals surface area contributed by atoms with Crippen LogP contribution in [0.2, 0.25) is 0 Å². The Bertz CT molecular complexity index is 616. The molecule has 0 amide bonds. The number of nitrogens with one attached hydrogen (secondary N) is 1. The Kier molecular flexibility index (Phi) is 4.27. The molecule has 0 saturated heterocycles. The Morgan fingerprint density at radius 3 is 2.95 bits per heavy atom. The van der Waals surface area contributed by atoms with E-state index in [4.69, 9.17) is 9.72 Å². The van der Waals surface area contributed by atoms with E-state index in [9.17, 15) is 0 Å². The van der Waals surface area contributed by atoms with E-state index in [1.54, 1.807) is 11.3 Å². The van der Waals surface area contributed by atoms with Gasteiger partial charge in [-0.3, -0.25) is 0 Å². The highest BCUT2D eigenvalue weighted by Crippen LogP contribution is 2.32. The average Bonchev–Trinajstić information content (AvgIpc) is 3.06. The number of aryl methyl sites for hydroxylation is 2. The number of hydrogen-bond donors (Lipinski definition) is 1. The van der Waals surface area contributed by atoms with Crippen LogP contribution in [-0.4, -0.2) is 18.1 Å². The molecular weight excluding hydrogens is 280 g/mol. The molecule has 3 rings (SSSR count). The highest BCUT2D eigenvalue weighted by Gasteiger charge is 2.21. The highest BCUT2D eigenvalue weighted by molar-refractivity contribution is 7.11. The summed E-state index contributed by atoms with van der Waals surface area (Å²) in [6, 6.07) is 6.74. The molecule has 0 spiro atoms. The van der Waals surface area contributed by atoms with Crippen molar-refractivity contribution in [2.24, 2.45) is 0 Å². The molecule has 0 saturated carbocycles. The molecule has 1 aromatic carbocycles. The Morgan fingerprint density at radius 2 is 2.24 bits per heavy atom. The van der Waals surface area contributed by atoms with Crippen molar-refractivity contribution < 1.29 is 4.74 Å². The lowest BCUT2D eigenvalue weighted by molar-refractivity contribution is 0.357. The van der Waals surface area contributed by atoms with Crippen molar-refractivity contribution in [2.75, 3.05) is 13.2 Å². The zero-order valence-corrected chi connectivity index (χ0v) is 13.7. The largest absolute Gasteiger partial charge is 0.493 e. The van der Waals surface area contributed by atoms with E-state index in [0.717, 1.165) is 42.4 Å². The summed E-state index contributed by atoms with van der Waals surface area (Å²) in [5, 5.41) is 4.81. The van der Waals surface area contributed by atoms with Crippen LogP contribution in [0.1, 0.15) is 46.1 Å². The molecule has 112 valence electrons. The second kappa shape index (κ2) is 6.16. The van der Waals surface area contributed by atoms with Gasteiger partial charge in [-0.2, -0.15) is 0 Å². The van der Waals surface area contributed by atoms with Gasteiger partial charge >= 0.3 is 0 Å². The molecule has 1 aliphatic heterocycles. The third kappa shape index (κ3) is 2.97. The maximum atomic E-state index is 5.61. The molecule has 2 aromatic rings. The summed E-state index contributed by atoms with van der Waals surface area (Å²) in [6.07, 6.45) is 2.13. The van der Waals surface area contributed by atoms with E-state index in [1.807, 2.05) is 0 Å². The first-order chi connectivity index (χ1) is 10.2. The fraction of sp³-hybridized carbons (Fsp3) is 0.471. The lowest BCUT2D eigenvalue weighted by Crippen LogP contribution is -2.23. The van der Waals surface area contributed by atoms with Crippen molar-refractivity contribution in [1.82, 2.24) is 10.3 Å². The van der Waals surface area contributed by atoms with Crippen LogP contribution in [0.4, 0.5) is 0 Å². The van der Waals surface area contributed by atoms with Gasteiger partial charge in [0, 0.05) is 11.3 Å². The predicted octanol–water partition coefficient (Wildman–Crippen LogP) is 3.78. The number of benzene rings is 1. The zero-order valence-electron chi connectivity index (χ0n) is 12.9. The summed E-state index contributed by atoms with van der Waals surface area (Å²) in [5.41, 5.74) is 3.75. The molecule has 1 aliphatic rings. The third-order valence-corrected chi connectivity index (χ3v) is 5.08. The predicted molar refractivity (Wildman–Crippen MR) is 87.4 cm³/mol. The van der Waals surface area contributed by atoms with E-state index in [-0.39, 0.29) is 6.04 Å². The van der Waals surface area contributed by atoms with Crippen LogP contribution in [0.15, 0.2) is 18.2 Å². The summed E-state index contributed by atoms with van der Waals surface area (Å²) < 4.78 is 5.61. The van der Waals surface area contributed by atoms with E-state index < -0.39 is 0 Å². The van der Waals surface area contributed by atoms with Gasteiger partial charge in [-0.15, -0.1) is 11.3 Å². The quantitative estimate of drug-likeness (QED) is 0.912. The standard InChI is InChI=1S/C17H22N2OS/c1-4-8-18-16(17-19-11(2)12(3)21-17)14-5-6-15-13(10-14)7-9-20-15/h5-6,10,16,18H,4,7-9H2,1-3H3. The van der Waals surface area contributed by atoms with Crippen molar-refractivity contribution in [2.45, 2.75) is 39.7 Å². The Balaban J connectivity index is 1.95. The SMILES string of the molecule is CCCNC(c1ccc2c(c1)CCO2)c1nc(C)c(C)s1. The first-order valence-electron chi connectivity index (χ1n) is 7.62. The lowest BCUT2D eigenvalue weighted by atomic mass is 10.0. The van der Waals surface area contributed by atoms with E-state index in [1.165, 1.54) is 16.0 Å². The van der Waals surface area contributed by atoms with Gasteiger partial charge in [0.1, 0.15) is 10.8 Å². The Morgan fingerprint density at radius 1 is 1.38 bits per heavy atom. The first-order valence-corrected chi connectivity index (χ1v) is 8.43. The molecule has 1 atom stereocenters. The van der Waals surface area contributed by atoms with Crippen LogP contribution >= 0.6 is 11.3 Å². The molecule has 1 unspecified atom stereocenters. The fourth-order valence-electron chi connectivity index (χ4n) is 2.64. The van der Waals surface area contributed by atoms with Crippen LogP contribution in [0, 0.1) is 13.8 Å². The van der Waals surface area contributed by atoms with Crippen molar-refractivity contribution in [3.8, 4) is 5.75 Å². The lowest BCUT2D eigenvalue weighted by Gasteiger charge is -2.17. The molecule has 2 heterocycles. The van der Waals surface area contributed by atoms with E-state index in [0.29, 0.717) is 0 Å². The van der Waals surface area contributed by atoms with E-state index >= 15 is 0 Å². The third-order valence-electron chi connectivity index (χ3n) is 3.94. The van der Waals surface area contributed by atoms with Crippen molar-refractivity contribution in [3.05, 3.63) is 44.9 Å². The van der Waals surface area contributed by atoms with Gasteiger partial charge in [0.05, 0.1) is 18.3 Å². The summed E-state index contributed by atoms with van der Waals surface area (Å²) >= 11 is 1.80. The summed E-state index contributed by atoms with van der Waals surface area (Å²) in [7, 11) is 0. The molecular formula is C17H22N2OS. The molecule has 4 heteroatoms. The smallest absolute Gasteiger partial charge is 0.122 e. The average molecular weight is 302 g/mol. The number of fused-ring (bicyclic) bond motifs is 1. The molecule has 0 fully saturated rings. The minimum atomic E-state index is 0.188. The fourth-order valence-corrected chi connectivity index (χ4v) is 3.67. The molecule has 0 radical (unpaired) electrons. The molecule has 1 N–H and O–H groups in total. The summed E-state index contributed by atoms with van der Waals surface area (Å²) in [4.78, 5) is 6.06. The van der Waals surface area contributed by atoms with Gasteiger partial charge in [0.2, 0.25) is 0 Å². The molecule has 21 heavy (non-hydrogen) atoms. The van der Waals surface area contributed by atoms with Crippen LogP contribution in [-0.2, 0) is 6.42 Å².